The van der Waals surface area contributed by atoms with Crippen molar-refractivity contribution in [3.63, 3.8) is 0 Å². The molecule has 0 radical (unpaired) electrons. The number of hydrogen-bond acceptors (Lipinski definition) is 6. The highest BCUT2D eigenvalue weighted by Crippen LogP contribution is 2.19. The zero-order valence-corrected chi connectivity index (χ0v) is 12.9. The van der Waals surface area contributed by atoms with Crippen LogP contribution in [0.4, 0.5) is 4.79 Å². The van der Waals surface area contributed by atoms with Gasteiger partial charge in [0.05, 0.1) is 0 Å². The molecule has 1 aromatic heterocycles. The Hall–Kier alpha value is -2.90. The van der Waals surface area contributed by atoms with E-state index in [0.717, 1.165) is 12.0 Å². The van der Waals surface area contributed by atoms with Gasteiger partial charge < -0.3 is 14.5 Å². The number of amides is 3. The summed E-state index contributed by atoms with van der Waals surface area (Å²) in [7, 11) is 0. The second kappa shape index (κ2) is 7.92. The molecule has 0 aliphatic carbocycles. The van der Waals surface area contributed by atoms with Crippen molar-refractivity contribution in [1.82, 2.24) is 20.8 Å². The van der Waals surface area contributed by atoms with Crippen molar-refractivity contribution in [2.75, 3.05) is 6.61 Å². The Labute approximate surface area is 133 Å². The molecule has 0 saturated heterocycles. The normalized spacial score (nSPS) is 11.6. The maximum Gasteiger partial charge on any atom is 0.321 e. The molecule has 8 nitrogen and oxygen atoms in total. The van der Waals surface area contributed by atoms with Crippen LogP contribution in [-0.2, 0) is 4.79 Å². The number of rotatable bonds is 6. The molecule has 2 rings (SSSR count). The number of aromatic nitrogens is 2. The standard InChI is InChI=1S/C15H18N4O4/c1-3-10(2)17-15(21)18-13(20)8-22-12-6-4-11(5-7-12)14-19-16-9-23-14/h4-7,9-10H,3,8H2,1-2H3,(H2,17,18,20,21)/t10-/m1/s1. The Morgan fingerprint density at radius 3 is 2.65 bits per heavy atom. The van der Waals surface area contributed by atoms with E-state index in [9.17, 15) is 9.59 Å². The molecule has 2 N–H and O–H groups in total. The van der Waals surface area contributed by atoms with E-state index in [1.54, 1.807) is 24.3 Å². The van der Waals surface area contributed by atoms with Crippen molar-refractivity contribution < 1.29 is 18.7 Å². The predicted octanol–water partition coefficient (Wildman–Crippen LogP) is 1.74. The number of ether oxygens (including phenoxy) is 1. The van der Waals surface area contributed by atoms with Crippen molar-refractivity contribution in [1.29, 1.82) is 0 Å². The van der Waals surface area contributed by atoms with E-state index in [1.165, 1.54) is 6.39 Å². The first kappa shape index (κ1) is 16.5. The molecule has 23 heavy (non-hydrogen) atoms. The van der Waals surface area contributed by atoms with E-state index in [-0.39, 0.29) is 12.6 Å². The molecule has 0 unspecified atom stereocenters. The van der Waals surface area contributed by atoms with Gasteiger partial charge in [0.1, 0.15) is 5.75 Å². The topological polar surface area (TPSA) is 106 Å². The highest BCUT2D eigenvalue weighted by Gasteiger charge is 2.10. The fourth-order valence-electron chi connectivity index (χ4n) is 1.67. The molecule has 0 spiro atoms. The van der Waals surface area contributed by atoms with Gasteiger partial charge in [-0.05, 0) is 37.6 Å². The van der Waals surface area contributed by atoms with Crippen molar-refractivity contribution in [3.05, 3.63) is 30.7 Å². The van der Waals surface area contributed by atoms with E-state index in [2.05, 4.69) is 20.8 Å². The summed E-state index contributed by atoms with van der Waals surface area (Å²) in [4.78, 5) is 23.1. The Kier molecular flexibility index (Phi) is 5.67. The first-order valence-corrected chi connectivity index (χ1v) is 7.18. The predicted molar refractivity (Wildman–Crippen MR) is 81.7 cm³/mol. The Morgan fingerprint density at radius 1 is 1.30 bits per heavy atom. The lowest BCUT2D eigenvalue weighted by atomic mass is 10.2. The first-order valence-electron chi connectivity index (χ1n) is 7.18. The number of hydrogen-bond donors (Lipinski definition) is 2. The summed E-state index contributed by atoms with van der Waals surface area (Å²) in [6.45, 7) is 3.53. The lowest BCUT2D eigenvalue weighted by Gasteiger charge is -2.12. The maximum absolute atomic E-state index is 11.6. The van der Waals surface area contributed by atoms with Crippen LogP contribution >= 0.6 is 0 Å². The molecule has 0 saturated carbocycles. The number of imide groups is 1. The third-order valence-electron chi connectivity index (χ3n) is 3.07. The zero-order valence-electron chi connectivity index (χ0n) is 12.9. The summed E-state index contributed by atoms with van der Waals surface area (Å²) in [6, 6.07) is 6.28. The molecule has 1 atom stereocenters. The van der Waals surface area contributed by atoms with Crippen molar-refractivity contribution in [2.45, 2.75) is 26.3 Å². The minimum absolute atomic E-state index is 0.000891. The summed E-state index contributed by atoms with van der Waals surface area (Å²) in [5.41, 5.74) is 0.743. The molecule has 0 bridgehead atoms. The number of carbonyl (C=O) groups is 2. The van der Waals surface area contributed by atoms with Crippen LogP contribution in [0.2, 0.25) is 0 Å². The van der Waals surface area contributed by atoms with Crippen LogP contribution in [0, 0.1) is 0 Å². The van der Waals surface area contributed by atoms with Crippen LogP contribution in [0.1, 0.15) is 20.3 Å². The number of urea groups is 1. The molecule has 0 aliphatic rings. The highest BCUT2D eigenvalue weighted by atomic mass is 16.5. The number of benzene rings is 1. The molecule has 0 fully saturated rings. The Balaban J connectivity index is 1.79. The number of nitrogens with zero attached hydrogens (tertiary/aromatic N) is 2. The minimum atomic E-state index is -0.528. The van der Waals surface area contributed by atoms with Crippen molar-refractivity contribution in [2.24, 2.45) is 0 Å². The first-order chi connectivity index (χ1) is 11.1. The summed E-state index contributed by atoms with van der Waals surface area (Å²) < 4.78 is 10.4. The van der Waals surface area contributed by atoms with Gasteiger partial charge in [-0.3, -0.25) is 10.1 Å². The van der Waals surface area contributed by atoms with E-state index >= 15 is 0 Å². The van der Waals surface area contributed by atoms with E-state index in [1.807, 2.05) is 13.8 Å². The van der Waals surface area contributed by atoms with Crippen molar-refractivity contribution >= 4 is 11.9 Å². The van der Waals surface area contributed by atoms with Gasteiger partial charge in [-0.25, -0.2) is 4.79 Å². The average molecular weight is 318 g/mol. The van der Waals surface area contributed by atoms with Crippen LogP contribution in [0.3, 0.4) is 0 Å². The second-order valence-corrected chi connectivity index (χ2v) is 4.89. The largest absolute Gasteiger partial charge is 0.484 e. The zero-order chi connectivity index (χ0) is 16.7. The van der Waals surface area contributed by atoms with E-state index < -0.39 is 11.9 Å². The second-order valence-electron chi connectivity index (χ2n) is 4.89. The quantitative estimate of drug-likeness (QED) is 0.840. The van der Waals surface area contributed by atoms with Gasteiger partial charge in [0.25, 0.3) is 5.91 Å². The molecule has 0 aliphatic heterocycles. The van der Waals surface area contributed by atoms with Gasteiger partial charge in [0.2, 0.25) is 12.3 Å². The lowest BCUT2D eigenvalue weighted by Crippen LogP contribution is -2.44. The monoisotopic (exact) mass is 318 g/mol. The van der Waals surface area contributed by atoms with Gasteiger partial charge in [-0.1, -0.05) is 6.92 Å². The van der Waals surface area contributed by atoms with Crippen LogP contribution in [-0.4, -0.2) is 34.8 Å². The molecule has 8 heteroatoms. The lowest BCUT2D eigenvalue weighted by molar-refractivity contribution is -0.122. The van der Waals surface area contributed by atoms with Crippen molar-refractivity contribution in [3.8, 4) is 17.2 Å². The molecule has 2 aromatic rings. The summed E-state index contributed by atoms with van der Waals surface area (Å²) in [5.74, 6) is 0.369. The molecule has 1 aromatic carbocycles. The minimum Gasteiger partial charge on any atom is -0.484 e. The van der Waals surface area contributed by atoms with Gasteiger partial charge in [-0.15, -0.1) is 10.2 Å². The van der Waals surface area contributed by atoms with Gasteiger partial charge in [-0.2, -0.15) is 0 Å². The number of nitrogens with one attached hydrogen (secondary N) is 2. The van der Waals surface area contributed by atoms with Crippen LogP contribution in [0.15, 0.2) is 35.1 Å². The maximum atomic E-state index is 11.6. The fraction of sp³-hybridized carbons (Fsp3) is 0.333. The summed E-state index contributed by atoms with van der Waals surface area (Å²) >= 11 is 0. The van der Waals surface area contributed by atoms with Gasteiger partial charge >= 0.3 is 6.03 Å². The smallest absolute Gasteiger partial charge is 0.321 e. The van der Waals surface area contributed by atoms with Crippen LogP contribution < -0.4 is 15.4 Å². The highest BCUT2D eigenvalue weighted by molar-refractivity contribution is 5.95. The van der Waals surface area contributed by atoms with E-state index in [4.69, 9.17) is 9.15 Å². The molecular weight excluding hydrogens is 300 g/mol. The SMILES string of the molecule is CC[C@@H](C)NC(=O)NC(=O)COc1ccc(-c2nnco2)cc1. The molecular formula is C15H18N4O4. The van der Waals surface area contributed by atoms with Gasteiger partial charge in [0, 0.05) is 11.6 Å². The van der Waals surface area contributed by atoms with E-state index in [0.29, 0.717) is 11.6 Å². The fourth-order valence-corrected chi connectivity index (χ4v) is 1.67. The molecule has 3 amide bonds. The number of carbonyl (C=O) groups excluding carboxylic acids is 2. The third kappa shape index (κ3) is 5.10. The Morgan fingerprint density at radius 2 is 2.04 bits per heavy atom. The Bertz CT molecular complexity index is 640. The van der Waals surface area contributed by atoms with Crippen LogP contribution in [0.25, 0.3) is 11.5 Å². The summed E-state index contributed by atoms with van der Waals surface area (Å²) in [6.07, 6.45) is 2.03. The summed E-state index contributed by atoms with van der Waals surface area (Å²) in [5, 5.41) is 12.2. The average Bonchev–Trinajstić information content (AvgIpc) is 3.07. The molecule has 1 heterocycles. The van der Waals surface area contributed by atoms with Crippen LogP contribution in [0.5, 0.6) is 5.75 Å². The molecule has 122 valence electrons. The third-order valence-corrected chi connectivity index (χ3v) is 3.07. The van der Waals surface area contributed by atoms with Gasteiger partial charge in [0.15, 0.2) is 6.61 Å².